The van der Waals surface area contributed by atoms with Gasteiger partial charge in [-0.05, 0) is 302 Å². The fourth-order valence-corrected chi connectivity index (χ4v) is 31.2. The molecule has 16 nitrogen and oxygen atoms in total. The predicted octanol–water partition coefficient (Wildman–Crippen LogP) is 28.4. The van der Waals surface area contributed by atoms with E-state index in [0.29, 0.717) is 62.7 Å². The van der Waals surface area contributed by atoms with Gasteiger partial charge in [-0.3, -0.25) is 23.2 Å². The van der Waals surface area contributed by atoms with Crippen LogP contribution in [0.15, 0.2) is 323 Å². The van der Waals surface area contributed by atoms with Gasteiger partial charge < -0.3 is 13.7 Å². The molecule has 0 radical (unpaired) electrons. The molecule has 8 bridgehead atoms. The molecule has 1 atom stereocenters. The monoisotopic (exact) mass is 2150 g/mol. The smallest absolute Gasteiger partial charge is 0.450 e. The molecule has 11 aliphatic carbocycles. The van der Waals surface area contributed by atoms with Crippen LogP contribution in [0.2, 0.25) is 0 Å². The van der Waals surface area contributed by atoms with E-state index in [-0.39, 0.29) is 98.6 Å². The summed E-state index contributed by atoms with van der Waals surface area (Å²) in [6.07, 6.45) is 8.94. The summed E-state index contributed by atoms with van der Waals surface area (Å²) in [5.74, 6) is -8.94. The van der Waals surface area contributed by atoms with Gasteiger partial charge in [0, 0.05) is 0 Å². The van der Waals surface area contributed by atoms with Crippen LogP contribution < -0.4 is 4.18 Å². The quantitative estimate of drug-likeness (QED) is 0.0150. The average Bonchev–Trinajstić information content (AvgIpc) is 0.579. The van der Waals surface area contributed by atoms with Crippen LogP contribution in [-0.4, -0.2) is 104 Å². The Morgan fingerprint density at radius 1 is 0.359 bits per heavy atom. The molecule has 11 saturated carbocycles. The lowest BCUT2D eigenvalue weighted by Crippen LogP contribution is -2.61. The lowest BCUT2D eigenvalue weighted by molar-refractivity contribution is -0.266. The van der Waals surface area contributed by atoms with Gasteiger partial charge in [-0.25, -0.2) is 0 Å². The number of halogens is 13. The Balaban J connectivity index is 0.000000141. The largest absolute Gasteiger partial charge is 0.459 e. The van der Waals surface area contributed by atoms with E-state index in [9.17, 15) is 100 Å². The zero-order valence-corrected chi connectivity index (χ0v) is 85.3. The third-order valence-electron chi connectivity index (χ3n) is 28.7. The highest BCUT2D eigenvalue weighted by molar-refractivity contribution is 7.97. The summed E-state index contributed by atoms with van der Waals surface area (Å²) in [5, 5.41) is -23.7. The number of aryl methyl sites for hydroxylation is 1. The van der Waals surface area contributed by atoms with Crippen molar-refractivity contribution in [2.75, 3.05) is 0 Å². The molecule has 0 heterocycles. The highest BCUT2D eigenvalue weighted by Gasteiger charge is 2.83. The fraction of sp³-hybridized carbons (Fsp3) is 0.431. The van der Waals surface area contributed by atoms with Crippen LogP contribution in [-0.2, 0) is 92.2 Å². The predicted molar refractivity (Wildman–Crippen MR) is 530 cm³/mol. The third-order valence-corrected chi connectivity index (χ3v) is 39.3. The van der Waals surface area contributed by atoms with E-state index in [2.05, 4.69) is 279 Å². The molecule has 0 saturated heterocycles. The van der Waals surface area contributed by atoms with E-state index in [1.807, 2.05) is 0 Å². The maximum absolute atomic E-state index is 14.9. The molecule has 10 aromatic carbocycles. The van der Waals surface area contributed by atoms with Crippen LogP contribution in [0.25, 0.3) is 0 Å². The summed E-state index contributed by atoms with van der Waals surface area (Å²) < 4.78 is 308. The number of benzene rings is 10. The first kappa shape index (κ1) is 111. The van der Waals surface area contributed by atoms with E-state index < -0.39 is 115 Å². The molecular weight excluding hydrogens is 2040 g/mol. The molecule has 11 fully saturated rings. The van der Waals surface area contributed by atoms with Gasteiger partial charge in [0.05, 0.1) is 38.1 Å². The molecule has 10 aromatic rings. The summed E-state index contributed by atoms with van der Waals surface area (Å²) in [6.45, 7) is 2.13. The second-order valence-electron chi connectivity index (χ2n) is 39.3. The van der Waals surface area contributed by atoms with Crippen LogP contribution in [0.1, 0.15) is 220 Å². The highest BCUT2D eigenvalue weighted by atomic mass is 32.2. The van der Waals surface area contributed by atoms with Crippen molar-refractivity contribution in [1.82, 2.24) is 0 Å². The zero-order chi connectivity index (χ0) is 104. The van der Waals surface area contributed by atoms with Gasteiger partial charge in [-0.15, -0.1) is 0 Å². The zero-order valence-electron chi connectivity index (χ0n) is 79.6. The minimum atomic E-state index is -7.13. The first-order chi connectivity index (χ1) is 68.6. The van der Waals surface area contributed by atoms with Gasteiger partial charge in [0.25, 0.3) is 6.10 Å². The molecule has 0 spiro atoms. The van der Waals surface area contributed by atoms with Crippen LogP contribution >= 0.6 is 0 Å². The maximum atomic E-state index is 14.9. The number of hydrogen-bond donors (Lipinski definition) is 3. The van der Waals surface area contributed by atoms with Crippen LogP contribution in [0.4, 0.5) is 57.1 Å². The first-order valence-electron chi connectivity index (χ1n) is 48.7. The summed E-state index contributed by atoms with van der Waals surface area (Å²) in [6, 6.07) is 98.1. The van der Waals surface area contributed by atoms with Crippen molar-refractivity contribution >= 4 is 85.1 Å². The van der Waals surface area contributed by atoms with E-state index in [1.165, 1.54) is 49.6 Å². The van der Waals surface area contributed by atoms with E-state index in [0.717, 1.165) is 115 Å². The molecule has 36 heteroatoms. The van der Waals surface area contributed by atoms with E-state index in [4.69, 9.17) is 22.6 Å². The van der Waals surface area contributed by atoms with Crippen molar-refractivity contribution in [3.05, 3.63) is 301 Å². The molecule has 0 aliphatic heterocycles. The Morgan fingerprint density at radius 3 is 0.903 bits per heavy atom. The van der Waals surface area contributed by atoms with E-state index >= 15 is 0 Å². The fourth-order valence-electron chi connectivity index (χ4n) is 22.6. The number of ether oxygens (including phenoxy) is 2. The molecule has 145 heavy (non-hydrogen) atoms. The molecule has 3 N–H and O–H groups in total. The van der Waals surface area contributed by atoms with Crippen molar-refractivity contribution in [1.29, 1.82) is 0 Å². The molecular formula is C109H118F13O16S7+3. The van der Waals surface area contributed by atoms with Crippen molar-refractivity contribution in [3.8, 4) is 5.75 Å². The Morgan fingerprint density at radius 2 is 0.634 bits per heavy atom. The second kappa shape index (κ2) is 46.9. The van der Waals surface area contributed by atoms with Crippen molar-refractivity contribution in [2.45, 2.75) is 293 Å². The van der Waals surface area contributed by atoms with Gasteiger partial charge in [0.2, 0.25) is 0 Å². The van der Waals surface area contributed by atoms with Crippen molar-refractivity contribution in [2.24, 2.45) is 40.9 Å². The minimum absolute atomic E-state index is 0.0146. The lowest BCUT2D eigenvalue weighted by atomic mass is 9.49. The summed E-state index contributed by atoms with van der Waals surface area (Å²) in [5.41, 5.74) is 0.786. The SMILES string of the molecule is Cc1ccc([S+](c2ccccc2)c2ccccc2)cc1.O=C(CC(F)(F)S(=O)(=O)O)OC12CC3CC(CC(C3)C1)C2.O=C(OC(C(F)(F)F)C(F)(F)S(=O)(=O)O)C12CC3CC(CC(C3)C1)C2.O=S(=O)(O)C(F)(F)C(F)(F)C(F)(F)S(=O)(=O)Oc1c(C2CCCCC2)cc(C2CCCCC2)cc1C1CCCCC1.c1ccc([S+](c2ccccc2)c2ccccc2)cc1.c1ccc([S+](c2ccccc2)c2ccccc2)cc1. The number of alkyl halides is 13. The Bertz CT molecular complexity index is 5970. The summed E-state index contributed by atoms with van der Waals surface area (Å²) >= 11 is 0. The van der Waals surface area contributed by atoms with Gasteiger partial charge in [-0.2, -0.15) is 90.7 Å². The first-order valence-corrected chi connectivity index (χ1v) is 58.1. The number of carbonyl (C=O) groups is 2. The summed E-state index contributed by atoms with van der Waals surface area (Å²) in [4.78, 5) is 36.4. The minimum Gasteiger partial charge on any atom is -0.459 e. The molecule has 11 aliphatic rings. The maximum Gasteiger partial charge on any atom is 0.450 e. The lowest BCUT2D eigenvalue weighted by Gasteiger charge is -2.55. The molecule has 21 rings (SSSR count). The van der Waals surface area contributed by atoms with E-state index in [1.54, 1.807) is 12.1 Å². The number of hydrogen-bond acceptors (Lipinski definition) is 13. The number of rotatable bonds is 26. The summed E-state index contributed by atoms with van der Waals surface area (Å²) in [7, 11) is -26.1. The van der Waals surface area contributed by atoms with Crippen molar-refractivity contribution in [3.63, 3.8) is 0 Å². The molecule has 0 aromatic heterocycles. The van der Waals surface area contributed by atoms with Gasteiger partial charge >= 0.3 is 85.5 Å². The standard InChI is InChI=1S/C27H36F6O6S2.C19H17S.2C18H15S.C14H17F5O5S.C13H18F2O5S/c28-25(29,26(30,31)40(34,35)36)27(32,33)41(37,38)39-24-22(19-12-6-2-7-13-19)16-21(18-10-4-1-5-11-18)17-23(24)20-14-8-3-9-15-20;1-16-12-14-19(15-13-16)20(17-8-4-2-5-9-17)18-10-6-3-7-11-18;2*1-4-10-16(11-5-1)19(17-12-6-2-7-13-17)18-14-8-3-9-15-18;15-13(16,17)10(14(18,19)25(21,22)23)24-11(20)12-4-7-1-8(5-12)3-9(2-7)6-12;14-13(15,21(17,18)19)7-11(16)20-12-4-8-1-9(5-12)3-10(2-8)6-12/h16-20H,1-15H2,(H,34,35,36);2-15H,1H3;2*1-15H;7-10H,1-6H2,(H,21,22,23);8-10H,1-7H2,(H,17,18,19)/q;3*+1;;. The Labute approximate surface area is 848 Å². The van der Waals surface area contributed by atoms with Gasteiger partial charge in [0.15, 0.2) is 44.1 Å². The molecule has 780 valence electrons. The van der Waals surface area contributed by atoms with Gasteiger partial charge in [-0.1, -0.05) is 233 Å². The van der Waals surface area contributed by atoms with Crippen molar-refractivity contribution < 1.29 is 128 Å². The number of carbonyl (C=O) groups excluding carboxylic acids is 2. The normalized spacial score (nSPS) is 22.2. The second-order valence-corrected chi connectivity index (χ2v) is 51.5. The molecule has 0 amide bonds. The van der Waals surface area contributed by atoms with Crippen LogP contribution in [0, 0.1) is 47.8 Å². The highest BCUT2D eigenvalue weighted by Crippen LogP contribution is 2.63. The van der Waals surface area contributed by atoms with Crippen LogP contribution in [0.3, 0.4) is 0 Å². The third kappa shape index (κ3) is 26.8. The average molecular weight is 2160 g/mol. The topological polar surface area (TPSA) is 259 Å². The number of esters is 2. The van der Waals surface area contributed by atoms with Gasteiger partial charge in [0.1, 0.15) is 17.8 Å². The van der Waals surface area contributed by atoms with Crippen LogP contribution in [0.5, 0.6) is 5.75 Å². The Kier molecular flexibility index (Phi) is 36.0. The Hall–Kier alpha value is -9.24. The molecule has 1 unspecified atom stereocenters.